The van der Waals surface area contributed by atoms with E-state index < -0.39 is 0 Å². The molecule has 126 valence electrons. The number of nitrogens with two attached hydrogens (primary N) is 1. The lowest BCUT2D eigenvalue weighted by molar-refractivity contribution is -0.136. The van der Waals surface area contributed by atoms with Crippen LogP contribution in [0.1, 0.15) is 31.7 Å². The van der Waals surface area contributed by atoms with E-state index >= 15 is 0 Å². The molecule has 1 aromatic rings. The highest BCUT2D eigenvalue weighted by molar-refractivity contribution is 5.81. The number of hydrogen-bond acceptors (Lipinski definition) is 3. The van der Waals surface area contributed by atoms with Crippen molar-refractivity contribution in [3.8, 4) is 0 Å². The lowest BCUT2D eigenvalue weighted by Gasteiger charge is -2.33. The smallest absolute Gasteiger partial charge is 0.236 e. The molecular weight excluding hydrogens is 290 g/mol. The minimum absolute atomic E-state index is 0.0975. The number of carbonyl (C=O) groups is 2. The van der Waals surface area contributed by atoms with Gasteiger partial charge in [-0.25, -0.2) is 0 Å². The van der Waals surface area contributed by atoms with Crippen LogP contribution < -0.4 is 5.73 Å². The minimum Gasteiger partial charge on any atom is -0.369 e. The Balaban J connectivity index is 1.93. The number of amides is 2. The van der Waals surface area contributed by atoms with Crippen LogP contribution >= 0.6 is 0 Å². The molecule has 0 spiro atoms. The first kappa shape index (κ1) is 17.5. The first-order valence-electron chi connectivity index (χ1n) is 8.43. The third-order valence-corrected chi connectivity index (χ3v) is 4.32. The maximum Gasteiger partial charge on any atom is 0.236 e. The third-order valence-electron chi connectivity index (χ3n) is 4.32. The summed E-state index contributed by atoms with van der Waals surface area (Å²) in [5.74, 6) is -0.390. The van der Waals surface area contributed by atoms with E-state index in [4.69, 9.17) is 5.73 Å². The van der Waals surface area contributed by atoms with Crippen molar-refractivity contribution in [3.63, 3.8) is 0 Å². The van der Waals surface area contributed by atoms with Gasteiger partial charge in [0.2, 0.25) is 11.8 Å². The molecule has 0 radical (unpaired) electrons. The van der Waals surface area contributed by atoms with Crippen LogP contribution in [0.2, 0.25) is 0 Å². The number of hydrogen-bond donors (Lipinski definition) is 1. The second kappa shape index (κ2) is 8.67. The Morgan fingerprint density at radius 2 is 2.04 bits per heavy atom. The van der Waals surface area contributed by atoms with Gasteiger partial charge >= 0.3 is 0 Å². The van der Waals surface area contributed by atoms with E-state index in [1.807, 2.05) is 18.2 Å². The average Bonchev–Trinajstić information content (AvgIpc) is 2.56. The summed E-state index contributed by atoms with van der Waals surface area (Å²) in [7, 11) is 0. The minimum atomic E-state index is -0.294. The molecule has 2 rings (SSSR count). The lowest BCUT2D eigenvalue weighted by atomic mass is 9.97. The number of carbonyl (C=O) groups excluding carboxylic acids is 2. The van der Waals surface area contributed by atoms with E-state index in [2.05, 4.69) is 24.0 Å². The molecule has 1 atom stereocenters. The standard InChI is InChI=1S/C18H27N3O2/c1-2-10-20(12-15-7-4-3-5-8-15)14-17(22)21-11-6-9-16(13-21)18(19)23/h3-5,7-8,16H,2,6,9-14H2,1H3,(H2,19,23). The number of primary amides is 1. The van der Waals surface area contributed by atoms with Crippen LogP contribution in [0.4, 0.5) is 0 Å². The molecule has 23 heavy (non-hydrogen) atoms. The van der Waals surface area contributed by atoms with Crippen molar-refractivity contribution < 1.29 is 9.59 Å². The topological polar surface area (TPSA) is 66.6 Å². The normalized spacial score (nSPS) is 18.2. The van der Waals surface area contributed by atoms with Gasteiger partial charge in [-0.05, 0) is 31.4 Å². The van der Waals surface area contributed by atoms with Gasteiger partial charge in [-0.2, -0.15) is 0 Å². The summed E-state index contributed by atoms with van der Waals surface area (Å²) in [6.07, 6.45) is 2.65. The van der Waals surface area contributed by atoms with Crippen molar-refractivity contribution in [1.82, 2.24) is 9.80 Å². The van der Waals surface area contributed by atoms with Crippen molar-refractivity contribution >= 4 is 11.8 Å². The molecule has 1 aromatic carbocycles. The SMILES string of the molecule is CCCN(CC(=O)N1CCCC(C(N)=O)C1)Cc1ccccc1. The predicted molar refractivity (Wildman–Crippen MR) is 90.5 cm³/mol. The molecule has 0 bridgehead atoms. The zero-order valence-electron chi connectivity index (χ0n) is 13.9. The summed E-state index contributed by atoms with van der Waals surface area (Å²) in [5.41, 5.74) is 6.60. The fourth-order valence-corrected chi connectivity index (χ4v) is 3.10. The maximum absolute atomic E-state index is 12.6. The highest BCUT2D eigenvalue weighted by Crippen LogP contribution is 2.16. The first-order chi connectivity index (χ1) is 11.1. The van der Waals surface area contributed by atoms with Crippen LogP contribution in [-0.2, 0) is 16.1 Å². The number of nitrogens with zero attached hydrogens (tertiary/aromatic N) is 2. The van der Waals surface area contributed by atoms with Crippen molar-refractivity contribution in [2.45, 2.75) is 32.7 Å². The number of benzene rings is 1. The van der Waals surface area contributed by atoms with Gasteiger partial charge in [0.15, 0.2) is 0 Å². The molecule has 5 heteroatoms. The summed E-state index contributed by atoms with van der Waals surface area (Å²) in [4.78, 5) is 27.9. The fraction of sp³-hybridized carbons (Fsp3) is 0.556. The van der Waals surface area contributed by atoms with Crippen LogP contribution in [0, 0.1) is 5.92 Å². The molecule has 0 saturated carbocycles. The summed E-state index contributed by atoms with van der Waals surface area (Å²) in [6, 6.07) is 10.2. The molecule has 0 aliphatic carbocycles. The second-order valence-corrected chi connectivity index (χ2v) is 6.28. The van der Waals surface area contributed by atoms with Gasteiger partial charge < -0.3 is 10.6 Å². The Hall–Kier alpha value is -1.88. The summed E-state index contributed by atoms with van der Waals surface area (Å²) >= 11 is 0. The van der Waals surface area contributed by atoms with Crippen LogP contribution in [0.15, 0.2) is 30.3 Å². The van der Waals surface area contributed by atoms with Crippen molar-refractivity contribution in [2.24, 2.45) is 11.7 Å². The van der Waals surface area contributed by atoms with Crippen LogP contribution in [0.25, 0.3) is 0 Å². The lowest BCUT2D eigenvalue weighted by Crippen LogP contribution is -2.47. The molecule has 5 nitrogen and oxygen atoms in total. The van der Waals surface area contributed by atoms with Crippen LogP contribution in [0.5, 0.6) is 0 Å². The van der Waals surface area contributed by atoms with E-state index in [9.17, 15) is 9.59 Å². The zero-order chi connectivity index (χ0) is 16.7. The van der Waals surface area contributed by atoms with Gasteiger partial charge in [-0.3, -0.25) is 14.5 Å². The highest BCUT2D eigenvalue weighted by Gasteiger charge is 2.27. The fourth-order valence-electron chi connectivity index (χ4n) is 3.10. The second-order valence-electron chi connectivity index (χ2n) is 6.28. The Labute approximate surface area is 138 Å². The van der Waals surface area contributed by atoms with E-state index in [0.29, 0.717) is 13.1 Å². The maximum atomic E-state index is 12.6. The molecule has 0 aromatic heterocycles. The van der Waals surface area contributed by atoms with Gasteiger partial charge in [0, 0.05) is 19.6 Å². The molecule has 1 saturated heterocycles. The molecule has 2 N–H and O–H groups in total. The number of likely N-dealkylation sites (tertiary alicyclic amines) is 1. The molecule has 1 aliphatic rings. The first-order valence-corrected chi connectivity index (χ1v) is 8.43. The molecule has 1 unspecified atom stereocenters. The van der Waals surface area contributed by atoms with Gasteiger partial charge in [-0.15, -0.1) is 0 Å². The molecule has 1 aliphatic heterocycles. The summed E-state index contributed by atoms with van der Waals surface area (Å²) < 4.78 is 0. The van der Waals surface area contributed by atoms with Crippen molar-refractivity contribution in [3.05, 3.63) is 35.9 Å². The van der Waals surface area contributed by atoms with E-state index in [1.54, 1.807) is 4.90 Å². The van der Waals surface area contributed by atoms with Gasteiger partial charge in [0.1, 0.15) is 0 Å². The Morgan fingerprint density at radius 1 is 1.30 bits per heavy atom. The van der Waals surface area contributed by atoms with Gasteiger partial charge in [0.05, 0.1) is 12.5 Å². The molecular formula is C18H27N3O2. The monoisotopic (exact) mass is 317 g/mol. The zero-order valence-corrected chi connectivity index (χ0v) is 13.9. The van der Waals surface area contributed by atoms with Crippen molar-refractivity contribution in [2.75, 3.05) is 26.2 Å². The van der Waals surface area contributed by atoms with E-state index in [0.717, 1.165) is 38.9 Å². The number of piperidine rings is 1. The quantitative estimate of drug-likeness (QED) is 0.831. The Bertz CT molecular complexity index is 518. The third kappa shape index (κ3) is 5.36. The number of rotatable bonds is 7. The molecule has 1 heterocycles. The van der Waals surface area contributed by atoms with Crippen LogP contribution in [0.3, 0.4) is 0 Å². The summed E-state index contributed by atoms with van der Waals surface area (Å²) in [5, 5.41) is 0. The molecule has 2 amide bonds. The van der Waals surface area contributed by atoms with Gasteiger partial charge in [0.25, 0.3) is 0 Å². The van der Waals surface area contributed by atoms with E-state index in [1.165, 1.54) is 5.56 Å². The van der Waals surface area contributed by atoms with E-state index in [-0.39, 0.29) is 17.7 Å². The Morgan fingerprint density at radius 3 is 2.70 bits per heavy atom. The molecule has 1 fully saturated rings. The Kier molecular flexibility index (Phi) is 6.59. The van der Waals surface area contributed by atoms with Gasteiger partial charge in [-0.1, -0.05) is 37.3 Å². The predicted octanol–water partition coefficient (Wildman–Crippen LogP) is 1.62. The van der Waals surface area contributed by atoms with Crippen LogP contribution in [-0.4, -0.2) is 47.8 Å². The average molecular weight is 317 g/mol. The largest absolute Gasteiger partial charge is 0.369 e. The highest BCUT2D eigenvalue weighted by atomic mass is 16.2. The van der Waals surface area contributed by atoms with Crippen molar-refractivity contribution in [1.29, 1.82) is 0 Å². The summed E-state index contributed by atoms with van der Waals surface area (Å²) in [6.45, 7) is 5.37.